The molecule has 3 N–H and O–H groups in total. The lowest BCUT2D eigenvalue weighted by Gasteiger charge is -2.07. The van der Waals surface area contributed by atoms with Gasteiger partial charge < -0.3 is 5.73 Å². The summed E-state index contributed by atoms with van der Waals surface area (Å²) in [6.45, 7) is 0. The van der Waals surface area contributed by atoms with Gasteiger partial charge in [0.15, 0.2) is 5.69 Å². The van der Waals surface area contributed by atoms with Crippen LogP contribution in [0.1, 0.15) is 0 Å². The fourth-order valence-electron chi connectivity index (χ4n) is 2.27. The molecule has 2 aromatic heterocycles. The van der Waals surface area contributed by atoms with Crippen molar-refractivity contribution in [3.8, 4) is 0 Å². The second-order valence-corrected chi connectivity index (χ2v) is 7.49. The van der Waals surface area contributed by atoms with Crippen LogP contribution in [0.2, 0.25) is 0 Å². The minimum Gasteiger partial charge on any atom is -0.383 e. The van der Waals surface area contributed by atoms with Gasteiger partial charge in [0.1, 0.15) is 5.82 Å². The van der Waals surface area contributed by atoms with Crippen LogP contribution in [-0.2, 0) is 24.1 Å². The van der Waals surface area contributed by atoms with E-state index < -0.39 is 21.3 Å². The molecule has 3 aromatic rings. The van der Waals surface area contributed by atoms with Gasteiger partial charge in [-0.2, -0.15) is 5.11 Å². The Hall–Kier alpha value is -3.87. The van der Waals surface area contributed by atoms with Gasteiger partial charge >= 0.3 is 5.69 Å². The number of azo groups is 1. The van der Waals surface area contributed by atoms with E-state index in [-0.39, 0.29) is 28.0 Å². The summed E-state index contributed by atoms with van der Waals surface area (Å²) < 4.78 is 28.9. The van der Waals surface area contributed by atoms with Gasteiger partial charge in [0, 0.05) is 26.5 Å². The van der Waals surface area contributed by atoms with Crippen molar-refractivity contribution in [1.29, 1.82) is 0 Å². The van der Waals surface area contributed by atoms with Crippen molar-refractivity contribution in [3.05, 3.63) is 63.6 Å². The molecule has 0 aliphatic carbocycles. The van der Waals surface area contributed by atoms with Gasteiger partial charge in [-0.15, -0.1) is 5.11 Å². The van der Waals surface area contributed by atoms with Crippen molar-refractivity contribution >= 4 is 33.2 Å². The maximum absolute atomic E-state index is 12.4. The lowest BCUT2D eigenvalue weighted by molar-refractivity contribution is 0.601. The number of nitrogens with one attached hydrogen (secondary N) is 1. The number of nitrogens with zero attached hydrogens (tertiary/aromatic N) is 6. The third-order valence-electron chi connectivity index (χ3n) is 3.89. The quantitative estimate of drug-likeness (QED) is 0.576. The Kier molecular flexibility index (Phi) is 5.23. The number of sulfonamides is 1. The molecule has 12 nitrogen and oxygen atoms in total. The Bertz CT molecular complexity index is 1300. The molecule has 1 aromatic carbocycles. The average molecular weight is 416 g/mol. The summed E-state index contributed by atoms with van der Waals surface area (Å²) >= 11 is 0. The zero-order chi connectivity index (χ0) is 21.2. The van der Waals surface area contributed by atoms with Crippen molar-refractivity contribution in [1.82, 2.24) is 19.1 Å². The molecule has 0 saturated carbocycles. The topological polar surface area (TPSA) is 167 Å². The number of rotatable bonds is 5. The van der Waals surface area contributed by atoms with E-state index in [4.69, 9.17) is 5.73 Å². The molecule has 0 unspecified atom stereocenters. The van der Waals surface area contributed by atoms with Crippen LogP contribution in [0.15, 0.2) is 67.4 Å². The Balaban J connectivity index is 1.87. The first-order valence-corrected chi connectivity index (χ1v) is 9.56. The van der Waals surface area contributed by atoms with Crippen LogP contribution in [0.3, 0.4) is 0 Å². The Labute approximate surface area is 164 Å². The number of anilines is 2. The fourth-order valence-corrected chi connectivity index (χ4v) is 3.22. The Morgan fingerprint density at radius 1 is 1.00 bits per heavy atom. The summed E-state index contributed by atoms with van der Waals surface area (Å²) in [6, 6.07) is 6.96. The highest BCUT2D eigenvalue weighted by Gasteiger charge is 2.16. The predicted molar refractivity (Wildman–Crippen MR) is 105 cm³/mol. The van der Waals surface area contributed by atoms with Crippen LogP contribution < -0.4 is 21.7 Å². The molecule has 13 heteroatoms. The third-order valence-corrected chi connectivity index (χ3v) is 5.23. The molecule has 0 atom stereocenters. The first-order chi connectivity index (χ1) is 13.7. The molecule has 0 spiro atoms. The molecule has 150 valence electrons. The van der Waals surface area contributed by atoms with Crippen LogP contribution in [0.5, 0.6) is 0 Å². The van der Waals surface area contributed by atoms with Gasteiger partial charge in [0.25, 0.3) is 15.6 Å². The Morgan fingerprint density at radius 2 is 1.62 bits per heavy atom. The van der Waals surface area contributed by atoms with E-state index in [1.807, 2.05) is 0 Å². The minimum atomic E-state index is -3.89. The minimum absolute atomic E-state index is 0.0403. The van der Waals surface area contributed by atoms with Crippen molar-refractivity contribution < 1.29 is 8.42 Å². The fraction of sp³-hybridized carbons (Fsp3) is 0.125. The summed E-state index contributed by atoms with van der Waals surface area (Å²) in [5.41, 5.74) is 4.56. The molecule has 0 fully saturated rings. The van der Waals surface area contributed by atoms with Crippen LogP contribution >= 0.6 is 0 Å². The number of nitrogens with two attached hydrogens (primary N) is 1. The smallest absolute Gasteiger partial charge is 0.332 e. The van der Waals surface area contributed by atoms with Crippen molar-refractivity contribution in [2.75, 3.05) is 10.5 Å². The van der Waals surface area contributed by atoms with Crippen LogP contribution in [-0.4, -0.2) is 27.5 Å². The first-order valence-electron chi connectivity index (χ1n) is 8.08. The maximum atomic E-state index is 12.4. The lowest BCUT2D eigenvalue weighted by atomic mass is 10.3. The molecule has 0 aliphatic heterocycles. The average Bonchev–Trinajstić information content (AvgIpc) is 2.71. The number of hydrogen-bond acceptors (Lipinski definition) is 9. The SMILES string of the molecule is Cn1c(N)c(N=Nc2ccc(S(=O)(=O)Nc3ncccn3)cc2)c(=O)n(C)c1=O. The number of benzene rings is 1. The summed E-state index contributed by atoms with van der Waals surface area (Å²) in [4.78, 5) is 31.5. The van der Waals surface area contributed by atoms with E-state index in [9.17, 15) is 18.0 Å². The van der Waals surface area contributed by atoms with E-state index in [1.54, 1.807) is 6.07 Å². The molecule has 0 radical (unpaired) electrons. The van der Waals surface area contributed by atoms with Gasteiger partial charge in [0.2, 0.25) is 5.95 Å². The van der Waals surface area contributed by atoms with E-state index in [1.165, 1.54) is 50.8 Å². The molecule has 3 rings (SSSR count). The van der Waals surface area contributed by atoms with Gasteiger partial charge in [-0.1, -0.05) is 0 Å². The number of hydrogen-bond donors (Lipinski definition) is 2. The molecule has 0 bridgehead atoms. The second kappa shape index (κ2) is 7.63. The summed E-state index contributed by atoms with van der Waals surface area (Å²) in [7, 11) is -1.19. The number of aromatic nitrogens is 4. The van der Waals surface area contributed by atoms with Crippen LogP contribution in [0.25, 0.3) is 0 Å². The molecular weight excluding hydrogens is 400 g/mol. The molecule has 29 heavy (non-hydrogen) atoms. The molecule has 2 heterocycles. The first kappa shape index (κ1) is 19.9. The Morgan fingerprint density at radius 3 is 2.24 bits per heavy atom. The zero-order valence-electron chi connectivity index (χ0n) is 15.3. The molecule has 0 amide bonds. The molecule has 0 saturated heterocycles. The predicted octanol–water partition coefficient (Wildman–Crippen LogP) is 0.672. The largest absolute Gasteiger partial charge is 0.383 e. The van der Waals surface area contributed by atoms with Crippen molar-refractivity contribution in [3.63, 3.8) is 0 Å². The van der Waals surface area contributed by atoms with E-state index in [2.05, 4.69) is 24.9 Å². The van der Waals surface area contributed by atoms with Gasteiger partial charge in [-0.3, -0.25) is 13.9 Å². The highest BCUT2D eigenvalue weighted by atomic mass is 32.2. The zero-order valence-corrected chi connectivity index (χ0v) is 16.2. The van der Waals surface area contributed by atoms with Crippen molar-refractivity contribution in [2.24, 2.45) is 24.3 Å². The van der Waals surface area contributed by atoms with Gasteiger partial charge in [0.05, 0.1) is 10.6 Å². The van der Waals surface area contributed by atoms with E-state index in [0.29, 0.717) is 0 Å². The highest BCUT2D eigenvalue weighted by molar-refractivity contribution is 7.92. The van der Waals surface area contributed by atoms with Gasteiger partial charge in [-0.05, 0) is 30.3 Å². The normalized spacial score (nSPS) is 11.7. The summed E-state index contributed by atoms with van der Waals surface area (Å²) in [5.74, 6) is -0.189. The number of nitrogen functional groups attached to an aromatic ring is 1. The maximum Gasteiger partial charge on any atom is 0.332 e. The molecule has 0 aliphatic rings. The third kappa shape index (κ3) is 4.03. The van der Waals surface area contributed by atoms with Crippen LogP contribution in [0.4, 0.5) is 23.1 Å². The van der Waals surface area contributed by atoms with Crippen molar-refractivity contribution in [2.45, 2.75) is 4.90 Å². The monoisotopic (exact) mass is 416 g/mol. The van der Waals surface area contributed by atoms with E-state index in [0.717, 1.165) is 9.13 Å². The summed E-state index contributed by atoms with van der Waals surface area (Å²) in [6.07, 6.45) is 2.81. The summed E-state index contributed by atoms with van der Waals surface area (Å²) in [5, 5.41) is 7.71. The van der Waals surface area contributed by atoms with Gasteiger partial charge in [-0.25, -0.2) is 27.9 Å². The van der Waals surface area contributed by atoms with Crippen LogP contribution in [0, 0.1) is 0 Å². The molecular formula is C16H16N8O4S. The van der Waals surface area contributed by atoms with E-state index >= 15 is 0 Å². The standard InChI is InChI=1S/C16H16N8O4S/c1-23-13(17)12(14(25)24(2)16(23)26)21-20-10-4-6-11(7-5-10)29(27,28)22-15-18-8-3-9-19-15/h3-9H,17H2,1-2H3,(H,18,19,22). The lowest BCUT2D eigenvalue weighted by Crippen LogP contribution is -2.37. The second-order valence-electron chi connectivity index (χ2n) is 5.81. The highest BCUT2D eigenvalue weighted by Crippen LogP contribution is 2.21.